The normalized spacial score (nSPS) is 15.7. The molecular formula is C20H26N4O3. The molecule has 1 aliphatic rings. The highest BCUT2D eigenvalue weighted by atomic mass is 16.4. The number of anilines is 1. The third kappa shape index (κ3) is 4.18. The highest BCUT2D eigenvalue weighted by molar-refractivity contribution is 5.95. The van der Waals surface area contributed by atoms with Crippen molar-refractivity contribution >= 4 is 11.9 Å². The molecule has 0 bridgehead atoms. The third-order valence-corrected chi connectivity index (χ3v) is 4.99. The summed E-state index contributed by atoms with van der Waals surface area (Å²) >= 11 is 0. The van der Waals surface area contributed by atoms with E-state index < -0.39 is 5.63 Å². The van der Waals surface area contributed by atoms with Crippen molar-refractivity contribution in [3.05, 3.63) is 51.8 Å². The quantitative estimate of drug-likeness (QED) is 0.805. The first-order valence-corrected chi connectivity index (χ1v) is 9.47. The summed E-state index contributed by atoms with van der Waals surface area (Å²) in [6.45, 7) is 8.23. The van der Waals surface area contributed by atoms with Gasteiger partial charge in [0.15, 0.2) is 0 Å². The van der Waals surface area contributed by atoms with Crippen LogP contribution in [-0.2, 0) is 0 Å². The van der Waals surface area contributed by atoms with Crippen LogP contribution in [0.2, 0.25) is 0 Å². The number of nitrogens with zero attached hydrogens (tertiary/aromatic N) is 4. The fourth-order valence-corrected chi connectivity index (χ4v) is 3.43. The largest absolute Gasteiger partial charge is 0.427 e. The van der Waals surface area contributed by atoms with Gasteiger partial charge in [0.05, 0.1) is 0 Å². The Kier molecular flexibility index (Phi) is 5.88. The predicted octanol–water partition coefficient (Wildman–Crippen LogP) is 2.60. The molecule has 0 aliphatic carbocycles. The average molecular weight is 370 g/mol. The lowest BCUT2D eigenvalue weighted by atomic mass is 10.00. The van der Waals surface area contributed by atoms with E-state index in [1.807, 2.05) is 17.9 Å². The summed E-state index contributed by atoms with van der Waals surface area (Å²) in [5, 5.41) is 0. The summed E-state index contributed by atoms with van der Waals surface area (Å²) in [6, 6.07) is 3.61. The van der Waals surface area contributed by atoms with Gasteiger partial charge in [-0.25, -0.2) is 14.8 Å². The van der Waals surface area contributed by atoms with Gasteiger partial charge in [0.1, 0.15) is 11.3 Å². The van der Waals surface area contributed by atoms with Gasteiger partial charge in [-0.15, -0.1) is 0 Å². The zero-order valence-electron chi connectivity index (χ0n) is 16.1. The Morgan fingerprint density at radius 1 is 1.22 bits per heavy atom. The number of rotatable bonds is 5. The third-order valence-electron chi connectivity index (χ3n) is 4.99. The molecule has 0 saturated carbocycles. The fraction of sp³-hybridized carbons (Fsp3) is 0.500. The lowest BCUT2D eigenvalue weighted by Crippen LogP contribution is -2.50. The van der Waals surface area contributed by atoms with Gasteiger partial charge in [0, 0.05) is 44.5 Å². The first-order valence-electron chi connectivity index (χ1n) is 9.47. The van der Waals surface area contributed by atoms with E-state index in [0.29, 0.717) is 43.5 Å². The van der Waals surface area contributed by atoms with Gasteiger partial charge in [-0.05, 0) is 31.0 Å². The van der Waals surface area contributed by atoms with E-state index in [4.69, 9.17) is 4.42 Å². The van der Waals surface area contributed by atoms with Crippen LogP contribution >= 0.6 is 0 Å². The van der Waals surface area contributed by atoms with Gasteiger partial charge in [0.2, 0.25) is 5.95 Å². The summed E-state index contributed by atoms with van der Waals surface area (Å²) in [5.74, 6) is 1.22. The summed E-state index contributed by atoms with van der Waals surface area (Å²) in [4.78, 5) is 37.6. The molecule has 0 spiro atoms. The Balaban J connectivity index is 1.72. The molecule has 1 fully saturated rings. The minimum atomic E-state index is -0.535. The summed E-state index contributed by atoms with van der Waals surface area (Å²) in [7, 11) is 0. The second kappa shape index (κ2) is 8.33. The van der Waals surface area contributed by atoms with E-state index in [1.54, 1.807) is 30.3 Å². The van der Waals surface area contributed by atoms with Crippen molar-refractivity contribution in [3.63, 3.8) is 0 Å². The molecule has 7 nitrogen and oxygen atoms in total. The van der Waals surface area contributed by atoms with Crippen molar-refractivity contribution in [1.82, 2.24) is 14.9 Å². The van der Waals surface area contributed by atoms with Crippen molar-refractivity contribution in [2.45, 2.75) is 39.5 Å². The molecule has 1 aliphatic heterocycles. The Hall–Kier alpha value is -2.70. The molecule has 1 amide bonds. The number of carbonyl (C=O) groups excluding carboxylic acids is 1. The Labute approximate surface area is 159 Å². The molecule has 1 atom stereocenters. The minimum absolute atomic E-state index is 0.145. The summed E-state index contributed by atoms with van der Waals surface area (Å²) < 4.78 is 5.47. The Morgan fingerprint density at radius 2 is 1.89 bits per heavy atom. The number of aryl methyl sites for hydroxylation is 1. The van der Waals surface area contributed by atoms with Gasteiger partial charge in [0.25, 0.3) is 5.91 Å². The maximum Gasteiger partial charge on any atom is 0.349 e. The second-order valence-electron chi connectivity index (χ2n) is 7.01. The van der Waals surface area contributed by atoms with Crippen molar-refractivity contribution < 1.29 is 9.21 Å². The van der Waals surface area contributed by atoms with Gasteiger partial charge in [-0.3, -0.25) is 4.79 Å². The summed E-state index contributed by atoms with van der Waals surface area (Å²) in [6.07, 6.45) is 5.37. The van der Waals surface area contributed by atoms with Crippen molar-refractivity contribution in [1.29, 1.82) is 0 Å². The first-order chi connectivity index (χ1) is 13.0. The van der Waals surface area contributed by atoms with Gasteiger partial charge >= 0.3 is 5.63 Å². The van der Waals surface area contributed by atoms with E-state index >= 15 is 0 Å². The molecule has 0 aromatic carbocycles. The smallest absolute Gasteiger partial charge is 0.349 e. The average Bonchev–Trinajstić information content (AvgIpc) is 2.68. The van der Waals surface area contributed by atoms with Crippen LogP contribution in [0.15, 0.2) is 33.7 Å². The van der Waals surface area contributed by atoms with Gasteiger partial charge in [-0.2, -0.15) is 0 Å². The molecule has 144 valence electrons. The second-order valence-corrected chi connectivity index (χ2v) is 7.01. The number of hydrogen-bond acceptors (Lipinski definition) is 6. The number of amides is 1. The standard InChI is InChI=1S/C20H26N4O3/c1-4-6-14(2)16-13-15(3)17(19(26)27-16)18(25)23-9-11-24(12-10-23)20-21-7-5-8-22-20/h5,7-8,13-14H,4,6,9-12H2,1-3H3. The molecule has 3 rings (SSSR count). The minimum Gasteiger partial charge on any atom is -0.427 e. The van der Waals surface area contributed by atoms with Crippen LogP contribution in [0.3, 0.4) is 0 Å². The van der Waals surface area contributed by atoms with Crippen LogP contribution in [0.1, 0.15) is 54.3 Å². The molecule has 1 unspecified atom stereocenters. The zero-order chi connectivity index (χ0) is 19.4. The van der Waals surface area contributed by atoms with Crippen LogP contribution < -0.4 is 10.5 Å². The number of aromatic nitrogens is 2. The van der Waals surface area contributed by atoms with Gasteiger partial charge < -0.3 is 14.2 Å². The SMILES string of the molecule is CCCC(C)c1cc(C)c(C(=O)N2CCN(c3ncccn3)CC2)c(=O)o1. The molecule has 0 N–H and O–H groups in total. The number of carbonyl (C=O) groups is 1. The van der Waals surface area contributed by atoms with E-state index in [1.165, 1.54) is 0 Å². The molecular weight excluding hydrogens is 344 g/mol. The summed E-state index contributed by atoms with van der Waals surface area (Å²) in [5.41, 5.74) is 0.293. The predicted molar refractivity (Wildman–Crippen MR) is 103 cm³/mol. The Morgan fingerprint density at radius 3 is 2.48 bits per heavy atom. The van der Waals surface area contributed by atoms with Crippen molar-refractivity contribution in [2.75, 3.05) is 31.1 Å². The molecule has 2 aromatic heterocycles. The monoisotopic (exact) mass is 370 g/mol. The van der Waals surface area contributed by atoms with Crippen LogP contribution in [0.5, 0.6) is 0 Å². The van der Waals surface area contributed by atoms with Gasteiger partial charge in [-0.1, -0.05) is 20.3 Å². The van der Waals surface area contributed by atoms with E-state index in [9.17, 15) is 9.59 Å². The Bertz CT molecular complexity index is 842. The van der Waals surface area contributed by atoms with Crippen LogP contribution in [0.25, 0.3) is 0 Å². The van der Waals surface area contributed by atoms with E-state index in [-0.39, 0.29) is 17.4 Å². The molecule has 2 aromatic rings. The fourth-order valence-electron chi connectivity index (χ4n) is 3.43. The van der Waals surface area contributed by atoms with E-state index in [2.05, 4.69) is 16.9 Å². The number of hydrogen-bond donors (Lipinski definition) is 0. The highest BCUT2D eigenvalue weighted by Gasteiger charge is 2.27. The topological polar surface area (TPSA) is 79.5 Å². The first kappa shape index (κ1) is 19.1. The van der Waals surface area contributed by atoms with Crippen molar-refractivity contribution in [2.24, 2.45) is 0 Å². The lowest BCUT2D eigenvalue weighted by Gasteiger charge is -2.34. The van der Waals surface area contributed by atoms with Crippen LogP contribution in [0.4, 0.5) is 5.95 Å². The molecule has 0 radical (unpaired) electrons. The van der Waals surface area contributed by atoms with E-state index in [0.717, 1.165) is 12.8 Å². The maximum atomic E-state index is 12.9. The molecule has 27 heavy (non-hydrogen) atoms. The molecule has 1 saturated heterocycles. The van der Waals surface area contributed by atoms with Crippen LogP contribution in [0, 0.1) is 6.92 Å². The molecule has 7 heteroatoms. The lowest BCUT2D eigenvalue weighted by molar-refractivity contribution is 0.0740. The van der Waals surface area contributed by atoms with Crippen molar-refractivity contribution in [3.8, 4) is 0 Å². The number of piperazine rings is 1. The maximum absolute atomic E-state index is 12.9. The zero-order valence-corrected chi connectivity index (χ0v) is 16.1. The van der Waals surface area contributed by atoms with Crippen LogP contribution in [-0.4, -0.2) is 47.0 Å². The molecule has 3 heterocycles. The highest BCUT2D eigenvalue weighted by Crippen LogP contribution is 2.22.